The molecule has 2 fully saturated rings. The molecule has 0 radical (unpaired) electrons. The highest BCUT2D eigenvalue weighted by Gasteiger charge is 2.25. The highest BCUT2D eigenvalue weighted by Crippen LogP contribution is 2.18. The number of piperidine rings is 1. The van der Waals surface area contributed by atoms with Crippen LogP contribution in [-0.2, 0) is 11.2 Å². The second-order valence-electron chi connectivity index (χ2n) is 6.40. The van der Waals surface area contributed by atoms with E-state index in [-0.39, 0.29) is 29.9 Å². The molecule has 1 aliphatic heterocycles. The minimum absolute atomic E-state index is 0. The Morgan fingerprint density at radius 3 is 2.46 bits per heavy atom. The number of furan rings is 1. The summed E-state index contributed by atoms with van der Waals surface area (Å²) in [6.45, 7) is 4.01. The smallest absolute Gasteiger partial charge is 0.219 e. The number of likely N-dealkylation sites (tertiary alicyclic amines) is 1. The number of carbonyl (C=O) groups excluding carboxylic acids is 1. The van der Waals surface area contributed by atoms with Crippen molar-refractivity contribution in [3.8, 4) is 0 Å². The Balaban J connectivity index is 0.00000208. The summed E-state index contributed by atoms with van der Waals surface area (Å²) in [5, 5.41) is 7.02. The van der Waals surface area contributed by atoms with E-state index < -0.39 is 0 Å². The molecule has 0 spiro atoms. The number of nitrogens with one attached hydrogen (secondary N) is 2. The number of rotatable bonds is 5. The number of aliphatic imine (C=N–C) groups is 1. The molecule has 1 saturated carbocycles. The van der Waals surface area contributed by atoms with Crippen LogP contribution in [0.3, 0.4) is 0 Å². The zero-order valence-corrected chi connectivity index (χ0v) is 16.5. The summed E-state index contributed by atoms with van der Waals surface area (Å²) in [4.78, 5) is 18.0. The molecule has 0 unspecified atom stereocenters. The van der Waals surface area contributed by atoms with Crippen molar-refractivity contribution in [2.24, 2.45) is 4.99 Å². The highest BCUT2D eigenvalue weighted by molar-refractivity contribution is 14.0. The second-order valence-corrected chi connectivity index (χ2v) is 6.40. The molecule has 1 aliphatic carbocycles. The maximum atomic E-state index is 11.4. The third kappa shape index (κ3) is 5.99. The number of carbonyl (C=O) groups is 1. The first-order valence-corrected chi connectivity index (χ1v) is 8.56. The third-order valence-electron chi connectivity index (χ3n) is 4.41. The van der Waals surface area contributed by atoms with Crippen LogP contribution in [0.4, 0.5) is 0 Å². The van der Waals surface area contributed by atoms with Gasteiger partial charge in [0.1, 0.15) is 5.76 Å². The van der Waals surface area contributed by atoms with Crippen LogP contribution in [-0.4, -0.2) is 48.5 Å². The minimum atomic E-state index is 0. The van der Waals surface area contributed by atoms with Crippen molar-refractivity contribution in [2.75, 3.05) is 19.6 Å². The van der Waals surface area contributed by atoms with Gasteiger partial charge < -0.3 is 20.0 Å². The van der Waals surface area contributed by atoms with Gasteiger partial charge in [-0.05, 0) is 37.8 Å². The van der Waals surface area contributed by atoms with E-state index in [0.29, 0.717) is 18.6 Å². The van der Waals surface area contributed by atoms with E-state index in [1.807, 2.05) is 17.0 Å². The summed E-state index contributed by atoms with van der Waals surface area (Å²) in [7, 11) is 0. The lowest BCUT2D eigenvalue weighted by Crippen LogP contribution is -2.50. The van der Waals surface area contributed by atoms with Crippen molar-refractivity contribution in [2.45, 2.75) is 51.1 Å². The molecule has 0 bridgehead atoms. The molecule has 1 amide bonds. The SMILES string of the molecule is CC(=O)N1CCC(NC(=NCCc2ccco2)NC2CC2)CC1.I. The van der Waals surface area contributed by atoms with E-state index in [2.05, 4.69) is 15.6 Å². The Hall–Kier alpha value is -1.25. The van der Waals surface area contributed by atoms with E-state index in [0.717, 1.165) is 44.1 Å². The number of amides is 1. The quantitative estimate of drug-likeness (QED) is 0.413. The van der Waals surface area contributed by atoms with Gasteiger partial charge in [-0.1, -0.05) is 0 Å². The topological polar surface area (TPSA) is 69.9 Å². The Kier molecular flexibility index (Phi) is 7.39. The summed E-state index contributed by atoms with van der Waals surface area (Å²) in [5.74, 6) is 2.04. The average molecular weight is 446 g/mol. The van der Waals surface area contributed by atoms with Crippen molar-refractivity contribution >= 4 is 35.8 Å². The lowest BCUT2D eigenvalue weighted by atomic mass is 10.1. The monoisotopic (exact) mass is 446 g/mol. The Morgan fingerprint density at radius 2 is 1.92 bits per heavy atom. The van der Waals surface area contributed by atoms with Crippen molar-refractivity contribution in [1.82, 2.24) is 15.5 Å². The Morgan fingerprint density at radius 1 is 1.25 bits per heavy atom. The number of hydrogen-bond donors (Lipinski definition) is 2. The molecule has 3 rings (SSSR count). The van der Waals surface area contributed by atoms with E-state index in [1.165, 1.54) is 12.8 Å². The van der Waals surface area contributed by atoms with Crippen LogP contribution in [0.25, 0.3) is 0 Å². The molecule has 134 valence electrons. The van der Waals surface area contributed by atoms with Gasteiger partial charge in [0.25, 0.3) is 0 Å². The molecule has 1 aromatic heterocycles. The molecule has 2 aliphatic rings. The predicted molar refractivity (Wildman–Crippen MR) is 105 cm³/mol. The molecule has 2 heterocycles. The van der Waals surface area contributed by atoms with Crippen LogP contribution < -0.4 is 10.6 Å². The number of guanidine groups is 1. The normalized spacial score (nSPS) is 18.9. The van der Waals surface area contributed by atoms with Gasteiger partial charge in [0.2, 0.25) is 5.91 Å². The third-order valence-corrected chi connectivity index (χ3v) is 4.41. The zero-order chi connectivity index (χ0) is 16.1. The molecule has 7 heteroatoms. The van der Waals surface area contributed by atoms with E-state index in [9.17, 15) is 4.79 Å². The van der Waals surface area contributed by atoms with Crippen molar-refractivity contribution < 1.29 is 9.21 Å². The summed E-state index contributed by atoms with van der Waals surface area (Å²) >= 11 is 0. The summed E-state index contributed by atoms with van der Waals surface area (Å²) in [6, 6.07) is 4.85. The highest BCUT2D eigenvalue weighted by atomic mass is 127. The molecule has 24 heavy (non-hydrogen) atoms. The number of nitrogens with zero attached hydrogens (tertiary/aromatic N) is 2. The molecule has 0 atom stereocenters. The Labute approximate surface area is 160 Å². The fraction of sp³-hybridized carbons (Fsp3) is 0.647. The first-order chi connectivity index (χ1) is 11.2. The molecular formula is C17H27IN4O2. The molecular weight excluding hydrogens is 419 g/mol. The van der Waals surface area contributed by atoms with Gasteiger partial charge in [-0.15, -0.1) is 24.0 Å². The van der Waals surface area contributed by atoms with Crippen LogP contribution >= 0.6 is 24.0 Å². The standard InChI is InChI=1S/C17H26N4O2.HI/c1-13(22)21-10-7-15(8-11-21)20-17(19-14-4-5-14)18-9-6-16-3-2-12-23-16;/h2-3,12,14-15H,4-11H2,1H3,(H2,18,19,20);1H. The van der Waals surface area contributed by atoms with Crippen LogP contribution in [0, 0.1) is 0 Å². The lowest BCUT2D eigenvalue weighted by Gasteiger charge is -2.32. The lowest BCUT2D eigenvalue weighted by molar-refractivity contribution is -0.129. The predicted octanol–water partition coefficient (Wildman–Crippen LogP) is 2.15. The second kappa shape index (κ2) is 9.29. The zero-order valence-electron chi connectivity index (χ0n) is 14.2. The minimum Gasteiger partial charge on any atom is -0.469 e. The van der Waals surface area contributed by atoms with Crippen LogP contribution in [0.5, 0.6) is 0 Å². The Bertz CT molecular complexity index is 535. The van der Waals surface area contributed by atoms with Crippen molar-refractivity contribution in [3.63, 3.8) is 0 Å². The number of hydrogen-bond acceptors (Lipinski definition) is 3. The average Bonchev–Trinajstić information content (AvgIpc) is 3.20. The van der Waals surface area contributed by atoms with Gasteiger partial charge in [-0.3, -0.25) is 9.79 Å². The maximum absolute atomic E-state index is 11.4. The molecule has 1 saturated heterocycles. The fourth-order valence-electron chi connectivity index (χ4n) is 2.82. The molecule has 6 nitrogen and oxygen atoms in total. The van der Waals surface area contributed by atoms with Gasteiger partial charge in [0.15, 0.2) is 5.96 Å². The van der Waals surface area contributed by atoms with Crippen LogP contribution in [0.1, 0.15) is 38.4 Å². The maximum Gasteiger partial charge on any atom is 0.219 e. The van der Waals surface area contributed by atoms with Gasteiger partial charge in [0, 0.05) is 45.1 Å². The summed E-state index contributed by atoms with van der Waals surface area (Å²) in [6.07, 6.45) is 6.91. The fourth-order valence-corrected chi connectivity index (χ4v) is 2.82. The van der Waals surface area contributed by atoms with Crippen LogP contribution in [0.2, 0.25) is 0 Å². The summed E-state index contributed by atoms with van der Waals surface area (Å²) < 4.78 is 5.35. The van der Waals surface area contributed by atoms with Crippen molar-refractivity contribution in [3.05, 3.63) is 24.2 Å². The molecule has 1 aromatic rings. The molecule has 2 N–H and O–H groups in total. The van der Waals surface area contributed by atoms with E-state index >= 15 is 0 Å². The van der Waals surface area contributed by atoms with Gasteiger partial charge in [-0.25, -0.2) is 0 Å². The van der Waals surface area contributed by atoms with Gasteiger partial charge in [0.05, 0.1) is 6.26 Å². The summed E-state index contributed by atoms with van der Waals surface area (Å²) in [5.41, 5.74) is 0. The van der Waals surface area contributed by atoms with E-state index in [1.54, 1.807) is 13.2 Å². The number of halogens is 1. The van der Waals surface area contributed by atoms with Crippen molar-refractivity contribution in [1.29, 1.82) is 0 Å². The van der Waals surface area contributed by atoms with Gasteiger partial charge >= 0.3 is 0 Å². The first kappa shape index (κ1) is 19.1. The van der Waals surface area contributed by atoms with Gasteiger partial charge in [-0.2, -0.15) is 0 Å². The van der Waals surface area contributed by atoms with Crippen LogP contribution in [0.15, 0.2) is 27.8 Å². The largest absolute Gasteiger partial charge is 0.469 e. The molecule has 0 aromatic carbocycles. The first-order valence-electron chi connectivity index (χ1n) is 8.56. The van der Waals surface area contributed by atoms with E-state index in [4.69, 9.17) is 4.42 Å².